The second kappa shape index (κ2) is 6.28. The molecule has 16 heavy (non-hydrogen) atoms. The number of hydrogen-bond donors (Lipinski definition) is 1. The molecule has 0 spiro atoms. The van der Waals surface area contributed by atoms with Gasteiger partial charge in [-0.1, -0.05) is 13.8 Å². The number of hydrogen-bond acceptors (Lipinski definition) is 5. The summed E-state index contributed by atoms with van der Waals surface area (Å²) < 4.78 is 0. The summed E-state index contributed by atoms with van der Waals surface area (Å²) in [6.45, 7) is 5.58. The van der Waals surface area contributed by atoms with Crippen LogP contribution in [-0.4, -0.2) is 28.3 Å². The molecule has 1 fully saturated rings. The maximum atomic E-state index is 4.73. The van der Waals surface area contributed by atoms with Gasteiger partial charge < -0.3 is 5.32 Å². The molecule has 0 amide bonds. The molecular formula is C11H18N2S3. The Bertz CT molecular complexity index is 319. The highest BCUT2D eigenvalue weighted by molar-refractivity contribution is 7.99. The van der Waals surface area contributed by atoms with Crippen molar-refractivity contribution in [3.8, 4) is 0 Å². The van der Waals surface area contributed by atoms with Gasteiger partial charge in [0.25, 0.3) is 0 Å². The Hall–Kier alpha value is 0.290. The van der Waals surface area contributed by atoms with Crippen LogP contribution in [0.3, 0.4) is 0 Å². The fraction of sp³-hybridized carbons (Fsp3) is 0.727. The fourth-order valence-electron chi connectivity index (χ4n) is 1.54. The van der Waals surface area contributed by atoms with Gasteiger partial charge in [-0.3, -0.25) is 0 Å². The van der Waals surface area contributed by atoms with Crippen LogP contribution >= 0.6 is 34.9 Å². The molecular weight excluding hydrogens is 256 g/mol. The van der Waals surface area contributed by atoms with Gasteiger partial charge in [-0.25, -0.2) is 4.98 Å². The van der Waals surface area contributed by atoms with Crippen LogP contribution in [0.15, 0.2) is 5.38 Å². The Morgan fingerprint density at radius 3 is 3.19 bits per heavy atom. The van der Waals surface area contributed by atoms with E-state index in [1.54, 1.807) is 11.3 Å². The van der Waals surface area contributed by atoms with E-state index in [0.29, 0.717) is 11.3 Å². The van der Waals surface area contributed by atoms with Crippen molar-refractivity contribution >= 4 is 34.9 Å². The van der Waals surface area contributed by atoms with E-state index in [1.807, 2.05) is 23.5 Å². The first-order valence-electron chi connectivity index (χ1n) is 5.62. The standard InChI is InChI=1S/C11H18N2S3/c1-8(2)15-7-11-13-10(6-16-11)9-5-14-4-3-12-9/h6,8-9,12H,3-5,7H2,1-2H3. The van der Waals surface area contributed by atoms with E-state index in [2.05, 4.69) is 24.5 Å². The largest absolute Gasteiger partial charge is 0.307 e. The van der Waals surface area contributed by atoms with Gasteiger partial charge in [0.05, 0.1) is 11.7 Å². The van der Waals surface area contributed by atoms with E-state index in [-0.39, 0.29) is 0 Å². The van der Waals surface area contributed by atoms with Crippen molar-refractivity contribution in [1.82, 2.24) is 10.3 Å². The molecule has 0 saturated carbocycles. The highest BCUT2D eigenvalue weighted by Crippen LogP contribution is 2.26. The molecule has 90 valence electrons. The van der Waals surface area contributed by atoms with Crippen molar-refractivity contribution in [3.63, 3.8) is 0 Å². The van der Waals surface area contributed by atoms with Crippen molar-refractivity contribution in [2.45, 2.75) is 30.9 Å². The average Bonchev–Trinajstić information content (AvgIpc) is 2.76. The quantitative estimate of drug-likeness (QED) is 0.911. The Balaban J connectivity index is 1.90. The Morgan fingerprint density at radius 2 is 2.50 bits per heavy atom. The summed E-state index contributed by atoms with van der Waals surface area (Å²) in [5.41, 5.74) is 1.25. The lowest BCUT2D eigenvalue weighted by atomic mass is 10.2. The van der Waals surface area contributed by atoms with Crippen molar-refractivity contribution in [1.29, 1.82) is 0 Å². The second-order valence-corrected chi connectivity index (χ2v) is 7.76. The molecule has 1 N–H and O–H groups in total. The summed E-state index contributed by atoms with van der Waals surface area (Å²) in [7, 11) is 0. The Labute approximate surface area is 110 Å². The first-order chi connectivity index (χ1) is 7.75. The molecule has 1 aliphatic rings. The lowest BCUT2D eigenvalue weighted by Crippen LogP contribution is -2.30. The lowest BCUT2D eigenvalue weighted by Gasteiger charge is -2.21. The van der Waals surface area contributed by atoms with Crippen molar-refractivity contribution < 1.29 is 0 Å². The molecule has 2 heterocycles. The van der Waals surface area contributed by atoms with Crippen LogP contribution in [0.2, 0.25) is 0 Å². The molecule has 2 rings (SSSR count). The lowest BCUT2D eigenvalue weighted by molar-refractivity contribution is 0.583. The van der Waals surface area contributed by atoms with Crippen molar-refractivity contribution in [3.05, 3.63) is 16.1 Å². The highest BCUT2D eigenvalue weighted by atomic mass is 32.2. The van der Waals surface area contributed by atoms with Crippen LogP contribution in [0.25, 0.3) is 0 Å². The number of aromatic nitrogens is 1. The van der Waals surface area contributed by atoms with E-state index in [9.17, 15) is 0 Å². The van der Waals surface area contributed by atoms with Gasteiger partial charge in [0.15, 0.2) is 0 Å². The molecule has 1 aliphatic heterocycles. The zero-order valence-electron chi connectivity index (χ0n) is 9.73. The van der Waals surface area contributed by atoms with E-state index < -0.39 is 0 Å². The zero-order valence-corrected chi connectivity index (χ0v) is 12.2. The summed E-state index contributed by atoms with van der Waals surface area (Å²) in [5.74, 6) is 3.46. The molecule has 1 unspecified atom stereocenters. The normalized spacial score (nSPS) is 21.6. The smallest absolute Gasteiger partial charge is 0.103 e. The van der Waals surface area contributed by atoms with E-state index in [4.69, 9.17) is 4.98 Å². The van der Waals surface area contributed by atoms with Gasteiger partial charge in [0.1, 0.15) is 5.01 Å². The van der Waals surface area contributed by atoms with Gasteiger partial charge in [0.2, 0.25) is 0 Å². The molecule has 1 aromatic rings. The zero-order chi connectivity index (χ0) is 11.4. The predicted octanol–water partition coefficient (Wildman–Crippen LogP) is 3.16. The fourth-order valence-corrected chi connectivity index (χ4v) is 4.15. The van der Waals surface area contributed by atoms with Crippen LogP contribution in [0.5, 0.6) is 0 Å². The number of thiazole rings is 1. The van der Waals surface area contributed by atoms with Crippen LogP contribution in [-0.2, 0) is 5.75 Å². The molecule has 0 radical (unpaired) electrons. The second-order valence-electron chi connectivity index (χ2n) is 4.11. The molecule has 0 aliphatic carbocycles. The number of nitrogens with zero attached hydrogens (tertiary/aromatic N) is 1. The number of rotatable bonds is 4. The molecule has 0 bridgehead atoms. The SMILES string of the molecule is CC(C)SCc1nc(C2CSCCN2)cs1. The van der Waals surface area contributed by atoms with Crippen LogP contribution in [0.4, 0.5) is 0 Å². The first kappa shape index (κ1) is 12.7. The third-order valence-corrected chi connectivity index (χ3v) is 5.61. The predicted molar refractivity (Wildman–Crippen MR) is 76.6 cm³/mol. The Kier molecular flexibility index (Phi) is 5.00. The minimum atomic E-state index is 0.479. The molecule has 0 aromatic carbocycles. The van der Waals surface area contributed by atoms with E-state index >= 15 is 0 Å². The highest BCUT2D eigenvalue weighted by Gasteiger charge is 2.17. The van der Waals surface area contributed by atoms with E-state index in [0.717, 1.165) is 12.3 Å². The topological polar surface area (TPSA) is 24.9 Å². The third-order valence-electron chi connectivity index (χ3n) is 2.39. The number of thioether (sulfide) groups is 2. The number of nitrogens with one attached hydrogen (secondary N) is 1. The minimum Gasteiger partial charge on any atom is -0.307 e. The monoisotopic (exact) mass is 274 g/mol. The van der Waals surface area contributed by atoms with Crippen LogP contribution in [0.1, 0.15) is 30.6 Å². The van der Waals surface area contributed by atoms with Crippen molar-refractivity contribution in [2.24, 2.45) is 0 Å². The van der Waals surface area contributed by atoms with Crippen LogP contribution < -0.4 is 5.32 Å². The van der Waals surface area contributed by atoms with E-state index in [1.165, 1.54) is 22.2 Å². The van der Waals surface area contributed by atoms with Gasteiger partial charge >= 0.3 is 0 Å². The third kappa shape index (κ3) is 3.65. The molecule has 1 aromatic heterocycles. The molecule has 1 saturated heterocycles. The minimum absolute atomic E-state index is 0.479. The van der Waals surface area contributed by atoms with Gasteiger partial charge in [-0.05, 0) is 5.25 Å². The summed E-state index contributed by atoms with van der Waals surface area (Å²) in [4.78, 5) is 4.73. The van der Waals surface area contributed by atoms with Crippen LogP contribution in [0, 0.1) is 0 Å². The summed E-state index contributed by atoms with van der Waals surface area (Å²) >= 11 is 5.79. The van der Waals surface area contributed by atoms with Gasteiger partial charge in [0, 0.05) is 29.2 Å². The molecule has 1 atom stereocenters. The molecule has 2 nitrogen and oxygen atoms in total. The van der Waals surface area contributed by atoms with Gasteiger partial charge in [-0.2, -0.15) is 23.5 Å². The maximum Gasteiger partial charge on any atom is 0.103 e. The summed E-state index contributed by atoms with van der Waals surface area (Å²) in [6, 6.07) is 0.479. The summed E-state index contributed by atoms with van der Waals surface area (Å²) in [6.07, 6.45) is 0. The average molecular weight is 274 g/mol. The molecule has 5 heteroatoms. The Morgan fingerprint density at radius 1 is 1.62 bits per heavy atom. The maximum absolute atomic E-state index is 4.73. The van der Waals surface area contributed by atoms with Crippen molar-refractivity contribution in [2.75, 3.05) is 18.1 Å². The van der Waals surface area contributed by atoms with Gasteiger partial charge in [-0.15, -0.1) is 11.3 Å². The summed E-state index contributed by atoms with van der Waals surface area (Å²) in [5, 5.41) is 7.71. The first-order valence-corrected chi connectivity index (χ1v) is 8.71.